The molecule has 4 nitrogen and oxygen atoms in total. The Hall–Kier alpha value is -2.36. The highest BCUT2D eigenvalue weighted by Crippen LogP contribution is 2.22. The quantitative estimate of drug-likeness (QED) is 0.916. The summed E-state index contributed by atoms with van der Waals surface area (Å²) in [6.45, 7) is 4.78. The molecule has 1 amide bonds. The largest absolute Gasteiger partial charge is 0.350 e. The van der Waals surface area contributed by atoms with E-state index in [1.54, 1.807) is 12.3 Å². The van der Waals surface area contributed by atoms with Crippen LogP contribution in [0.4, 0.5) is 11.4 Å². The SMILES string of the molecule is CC(C)CNC(=O)c1ccc(N(C)c2ccccc2)cn1. The zero-order chi connectivity index (χ0) is 15.2. The van der Waals surface area contributed by atoms with Crippen LogP contribution in [0.25, 0.3) is 0 Å². The van der Waals surface area contributed by atoms with Gasteiger partial charge in [-0.1, -0.05) is 32.0 Å². The third-order valence-corrected chi connectivity index (χ3v) is 3.18. The first-order valence-corrected chi connectivity index (χ1v) is 7.11. The van der Waals surface area contributed by atoms with Crippen LogP contribution < -0.4 is 10.2 Å². The number of pyridine rings is 1. The van der Waals surface area contributed by atoms with E-state index >= 15 is 0 Å². The molecule has 0 aliphatic carbocycles. The van der Waals surface area contributed by atoms with E-state index in [1.807, 2.05) is 48.3 Å². The summed E-state index contributed by atoms with van der Waals surface area (Å²) in [5.74, 6) is 0.301. The van der Waals surface area contributed by atoms with Gasteiger partial charge in [-0.25, -0.2) is 4.98 Å². The molecule has 0 radical (unpaired) electrons. The predicted molar refractivity (Wildman–Crippen MR) is 85.9 cm³/mol. The summed E-state index contributed by atoms with van der Waals surface area (Å²) >= 11 is 0. The number of anilines is 2. The lowest BCUT2D eigenvalue weighted by Crippen LogP contribution is -2.28. The molecule has 0 atom stereocenters. The second-order valence-electron chi connectivity index (χ2n) is 5.40. The number of carbonyl (C=O) groups excluding carboxylic acids is 1. The first-order valence-electron chi connectivity index (χ1n) is 7.11. The minimum absolute atomic E-state index is 0.127. The smallest absolute Gasteiger partial charge is 0.269 e. The van der Waals surface area contributed by atoms with Crippen molar-refractivity contribution in [2.45, 2.75) is 13.8 Å². The van der Waals surface area contributed by atoms with Gasteiger partial charge in [-0.05, 0) is 30.2 Å². The van der Waals surface area contributed by atoms with Gasteiger partial charge in [-0.15, -0.1) is 0 Å². The van der Waals surface area contributed by atoms with Gasteiger partial charge in [0.05, 0.1) is 11.9 Å². The van der Waals surface area contributed by atoms with Crippen molar-refractivity contribution in [2.75, 3.05) is 18.5 Å². The average molecular weight is 283 g/mol. The van der Waals surface area contributed by atoms with E-state index in [0.29, 0.717) is 18.2 Å². The van der Waals surface area contributed by atoms with Crippen LogP contribution in [0.3, 0.4) is 0 Å². The fourth-order valence-corrected chi connectivity index (χ4v) is 1.91. The summed E-state index contributed by atoms with van der Waals surface area (Å²) in [7, 11) is 1.98. The number of nitrogens with zero attached hydrogens (tertiary/aromatic N) is 2. The van der Waals surface area contributed by atoms with Gasteiger partial charge in [-0.3, -0.25) is 4.79 Å². The molecule has 4 heteroatoms. The van der Waals surface area contributed by atoms with Gasteiger partial charge < -0.3 is 10.2 Å². The van der Waals surface area contributed by atoms with Crippen molar-refractivity contribution >= 4 is 17.3 Å². The topological polar surface area (TPSA) is 45.2 Å². The third kappa shape index (κ3) is 4.05. The van der Waals surface area contributed by atoms with E-state index in [0.717, 1.165) is 11.4 Å². The van der Waals surface area contributed by atoms with Gasteiger partial charge in [0.15, 0.2) is 0 Å². The molecule has 0 aliphatic rings. The highest BCUT2D eigenvalue weighted by molar-refractivity contribution is 5.92. The van der Waals surface area contributed by atoms with Crippen LogP contribution in [-0.4, -0.2) is 24.5 Å². The fourth-order valence-electron chi connectivity index (χ4n) is 1.91. The van der Waals surface area contributed by atoms with E-state index in [2.05, 4.69) is 24.1 Å². The first-order chi connectivity index (χ1) is 10.1. The molecule has 1 N–H and O–H groups in total. The number of hydrogen-bond acceptors (Lipinski definition) is 3. The number of hydrogen-bond donors (Lipinski definition) is 1. The number of nitrogens with one attached hydrogen (secondary N) is 1. The van der Waals surface area contributed by atoms with Crippen molar-refractivity contribution in [1.82, 2.24) is 10.3 Å². The number of carbonyl (C=O) groups is 1. The highest BCUT2D eigenvalue weighted by Gasteiger charge is 2.09. The Morgan fingerprint density at radius 1 is 1.14 bits per heavy atom. The van der Waals surface area contributed by atoms with Crippen LogP contribution in [0, 0.1) is 5.92 Å². The van der Waals surface area contributed by atoms with Crippen LogP contribution in [0.2, 0.25) is 0 Å². The molecule has 0 bridgehead atoms. The summed E-state index contributed by atoms with van der Waals surface area (Å²) in [5, 5.41) is 2.86. The monoisotopic (exact) mass is 283 g/mol. The van der Waals surface area contributed by atoms with Gasteiger partial charge in [0.1, 0.15) is 5.69 Å². The second-order valence-corrected chi connectivity index (χ2v) is 5.40. The summed E-state index contributed by atoms with van der Waals surface area (Å²) in [6, 6.07) is 13.7. The lowest BCUT2D eigenvalue weighted by Gasteiger charge is -2.19. The zero-order valence-electron chi connectivity index (χ0n) is 12.7. The number of amides is 1. The molecular formula is C17H21N3O. The maximum atomic E-state index is 11.9. The molecular weight excluding hydrogens is 262 g/mol. The van der Waals surface area contributed by atoms with Gasteiger partial charge in [0.2, 0.25) is 0 Å². The standard InChI is InChI=1S/C17H21N3O/c1-13(2)11-19-17(21)16-10-9-15(12-18-16)20(3)14-7-5-4-6-8-14/h4-10,12-13H,11H2,1-3H3,(H,19,21). The van der Waals surface area contributed by atoms with Crippen molar-refractivity contribution in [3.8, 4) is 0 Å². The lowest BCUT2D eigenvalue weighted by atomic mass is 10.2. The molecule has 2 rings (SSSR count). The van der Waals surface area contributed by atoms with Crippen LogP contribution in [0.1, 0.15) is 24.3 Å². The maximum Gasteiger partial charge on any atom is 0.269 e. The van der Waals surface area contributed by atoms with Crippen molar-refractivity contribution in [2.24, 2.45) is 5.92 Å². The van der Waals surface area contributed by atoms with E-state index in [9.17, 15) is 4.79 Å². The van der Waals surface area contributed by atoms with E-state index in [4.69, 9.17) is 0 Å². The number of para-hydroxylation sites is 1. The average Bonchev–Trinajstić information content (AvgIpc) is 2.53. The van der Waals surface area contributed by atoms with Gasteiger partial charge in [0.25, 0.3) is 5.91 Å². The molecule has 110 valence electrons. The zero-order valence-corrected chi connectivity index (χ0v) is 12.7. The Morgan fingerprint density at radius 2 is 1.86 bits per heavy atom. The molecule has 1 aromatic carbocycles. The lowest BCUT2D eigenvalue weighted by molar-refractivity contribution is 0.0944. The first kappa shape index (κ1) is 15.0. The highest BCUT2D eigenvalue weighted by atomic mass is 16.1. The molecule has 21 heavy (non-hydrogen) atoms. The number of benzene rings is 1. The maximum absolute atomic E-state index is 11.9. The third-order valence-electron chi connectivity index (χ3n) is 3.18. The molecule has 0 aliphatic heterocycles. The number of rotatable bonds is 5. The molecule has 1 aromatic heterocycles. The molecule has 1 heterocycles. The normalized spacial score (nSPS) is 10.5. The van der Waals surface area contributed by atoms with E-state index in [-0.39, 0.29) is 5.91 Å². The van der Waals surface area contributed by atoms with Crippen molar-refractivity contribution in [1.29, 1.82) is 0 Å². The minimum Gasteiger partial charge on any atom is -0.350 e. The van der Waals surface area contributed by atoms with Gasteiger partial charge >= 0.3 is 0 Å². The Bertz CT molecular complexity index is 579. The van der Waals surface area contributed by atoms with Crippen molar-refractivity contribution in [3.05, 3.63) is 54.4 Å². The molecule has 2 aromatic rings. The van der Waals surface area contributed by atoms with Crippen molar-refractivity contribution < 1.29 is 4.79 Å². The van der Waals surface area contributed by atoms with E-state index in [1.165, 1.54) is 0 Å². The predicted octanol–water partition coefficient (Wildman–Crippen LogP) is 3.24. The van der Waals surface area contributed by atoms with Gasteiger partial charge in [0, 0.05) is 19.3 Å². The second kappa shape index (κ2) is 6.88. The summed E-state index contributed by atoms with van der Waals surface area (Å²) in [6.07, 6.45) is 1.72. The Balaban J connectivity index is 2.07. The Kier molecular flexibility index (Phi) is 4.93. The molecule has 0 saturated carbocycles. The summed E-state index contributed by atoms with van der Waals surface area (Å²) in [4.78, 5) is 18.2. The molecule has 0 fully saturated rings. The van der Waals surface area contributed by atoms with Gasteiger partial charge in [-0.2, -0.15) is 0 Å². The Morgan fingerprint density at radius 3 is 2.43 bits per heavy atom. The molecule has 0 saturated heterocycles. The van der Waals surface area contributed by atoms with Crippen LogP contribution >= 0.6 is 0 Å². The Labute approximate surface area is 125 Å². The summed E-state index contributed by atoms with van der Waals surface area (Å²) in [5.41, 5.74) is 2.47. The fraction of sp³-hybridized carbons (Fsp3) is 0.294. The minimum atomic E-state index is -0.127. The van der Waals surface area contributed by atoms with Crippen LogP contribution in [0.5, 0.6) is 0 Å². The van der Waals surface area contributed by atoms with Crippen LogP contribution in [0.15, 0.2) is 48.7 Å². The molecule has 0 unspecified atom stereocenters. The number of aromatic nitrogens is 1. The van der Waals surface area contributed by atoms with Crippen LogP contribution in [-0.2, 0) is 0 Å². The molecule has 0 spiro atoms. The van der Waals surface area contributed by atoms with E-state index < -0.39 is 0 Å². The summed E-state index contributed by atoms with van der Waals surface area (Å²) < 4.78 is 0. The van der Waals surface area contributed by atoms with Crippen molar-refractivity contribution in [3.63, 3.8) is 0 Å².